The van der Waals surface area contributed by atoms with Crippen molar-refractivity contribution in [2.75, 3.05) is 5.73 Å². The zero-order valence-electron chi connectivity index (χ0n) is 14.7. The first-order valence-electron chi connectivity index (χ1n) is 8.17. The van der Waals surface area contributed by atoms with E-state index in [0.717, 1.165) is 23.3 Å². The lowest BCUT2D eigenvalue weighted by Gasteiger charge is -2.16. The Hall–Kier alpha value is -3.33. The summed E-state index contributed by atoms with van der Waals surface area (Å²) in [7, 11) is 0. The molecule has 3 nitrogen and oxygen atoms in total. The highest BCUT2D eigenvalue weighted by molar-refractivity contribution is 5.84. The highest BCUT2D eigenvalue weighted by Crippen LogP contribution is 2.37. The lowest BCUT2D eigenvalue weighted by molar-refractivity contribution is -0.137. The van der Waals surface area contributed by atoms with Crippen LogP contribution in [0.5, 0.6) is 0 Å². The highest BCUT2D eigenvalue weighted by Gasteiger charge is 2.30. The molecule has 0 unspecified atom stereocenters. The molecule has 27 heavy (non-hydrogen) atoms. The average molecular weight is 367 g/mol. The van der Waals surface area contributed by atoms with E-state index in [9.17, 15) is 18.4 Å². The van der Waals surface area contributed by atoms with Crippen LogP contribution in [0.4, 0.5) is 19.0 Å². The molecule has 0 amide bonds. The van der Waals surface area contributed by atoms with Crippen molar-refractivity contribution in [1.29, 1.82) is 5.26 Å². The van der Waals surface area contributed by atoms with E-state index < -0.39 is 11.7 Å². The Labute approximate surface area is 154 Å². The van der Waals surface area contributed by atoms with Crippen LogP contribution in [0.1, 0.15) is 22.3 Å². The van der Waals surface area contributed by atoms with E-state index in [4.69, 9.17) is 5.73 Å². The van der Waals surface area contributed by atoms with Gasteiger partial charge in [-0.05, 0) is 37.1 Å². The van der Waals surface area contributed by atoms with Gasteiger partial charge in [0.05, 0.1) is 11.3 Å². The zero-order chi connectivity index (χ0) is 19.8. The Balaban J connectivity index is 2.22. The number of alkyl halides is 3. The van der Waals surface area contributed by atoms with Crippen LogP contribution in [-0.2, 0) is 6.18 Å². The van der Waals surface area contributed by atoms with Gasteiger partial charge in [0.25, 0.3) is 0 Å². The molecule has 2 aromatic carbocycles. The average Bonchev–Trinajstić information content (AvgIpc) is 2.63. The number of hydrogen-bond acceptors (Lipinski definition) is 3. The van der Waals surface area contributed by atoms with Gasteiger partial charge in [-0.1, -0.05) is 42.0 Å². The third kappa shape index (κ3) is 3.49. The lowest BCUT2D eigenvalue weighted by Crippen LogP contribution is -2.05. The Morgan fingerprint density at radius 3 is 2.00 bits per heavy atom. The molecule has 1 aromatic heterocycles. The van der Waals surface area contributed by atoms with Gasteiger partial charge in [-0.15, -0.1) is 0 Å². The molecule has 6 heteroatoms. The second-order valence-electron chi connectivity index (χ2n) is 6.27. The first-order chi connectivity index (χ1) is 12.7. The van der Waals surface area contributed by atoms with Crippen LogP contribution in [0.2, 0.25) is 0 Å². The molecule has 2 N–H and O–H groups in total. The fraction of sp³-hybridized carbons (Fsp3) is 0.143. The minimum Gasteiger partial charge on any atom is -0.383 e. The van der Waals surface area contributed by atoms with Crippen LogP contribution in [0.15, 0.2) is 48.5 Å². The molecule has 0 saturated carbocycles. The summed E-state index contributed by atoms with van der Waals surface area (Å²) in [5, 5.41) is 9.52. The number of nitrogens with zero attached hydrogens (tertiary/aromatic N) is 2. The number of aromatic nitrogens is 1. The summed E-state index contributed by atoms with van der Waals surface area (Å²) in [6.45, 7) is 3.75. The summed E-state index contributed by atoms with van der Waals surface area (Å²) in [6.07, 6.45) is -4.42. The minimum atomic E-state index is -4.42. The highest BCUT2D eigenvalue weighted by atomic mass is 19.4. The van der Waals surface area contributed by atoms with Crippen LogP contribution >= 0.6 is 0 Å². The molecular formula is C21H16F3N3. The first-order valence-corrected chi connectivity index (χ1v) is 8.17. The SMILES string of the molecule is Cc1ccc(-c2nc(N)c(C#N)c(-c3ccc(C(F)(F)F)cc3)c2C)cc1. The Kier molecular flexibility index (Phi) is 4.63. The van der Waals surface area contributed by atoms with Crippen LogP contribution in [0, 0.1) is 25.2 Å². The van der Waals surface area contributed by atoms with E-state index in [2.05, 4.69) is 4.98 Å². The molecule has 0 aliphatic carbocycles. The normalized spacial score (nSPS) is 11.3. The van der Waals surface area contributed by atoms with Gasteiger partial charge >= 0.3 is 6.18 Å². The number of nitriles is 1. The number of hydrogen-bond donors (Lipinski definition) is 1. The third-order valence-electron chi connectivity index (χ3n) is 4.41. The van der Waals surface area contributed by atoms with Crippen molar-refractivity contribution in [2.24, 2.45) is 0 Å². The fourth-order valence-corrected chi connectivity index (χ4v) is 2.99. The van der Waals surface area contributed by atoms with Gasteiger partial charge in [-0.25, -0.2) is 4.98 Å². The largest absolute Gasteiger partial charge is 0.416 e. The van der Waals surface area contributed by atoms with Crippen LogP contribution in [0.25, 0.3) is 22.4 Å². The number of nitrogen functional groups attached to an aromatic ring is 1. The molecule has 0 atom stereocenters. The monoisotopic (exact) mass is 367 g/mol. The number of rotatable bonds is 2. The molecule has 0 fully saturated rings. The lowest BCUT2D eigenvalue weighted by atomic mass is 9.92. The topological polar surface area (TPSA) is 62.7 Å². The van der Waals surface area contributed by atoms with Gasteiger partial charge in [0.15, 0.2) is 0 Å². The van der Waals surface area contributed by atoms with Crippen molar-refractivity contribution >= 4 is 5.82 Å². The maximum Gasteiger partial charge on any atom is 0.416 e. The standard InChI is InChI=1S/C21H16F3N3/c1-12-3-5-15(6-4-12)19-13(2)18(17(11-25)20(26)27-19)14-7-9-16(10-8-14)21(22,23)24/h3-10H,1-2H3,(H2,26,27). The van der Waals surface area contributed by atoms with Crippen molar-refractivity contribution in [3.63, 3.8) is 0 Å². The summed E-state index contributed by atoms with van der Waals surface area (Å²) >= 11 is 0. The van der Waals surface area contributed by atoms with Crippen LogP contribution in [0.3, 0.4) is 0 Å². The summed E-state index contributed by atoms with van der Waals surface area (Å²) in [6, 6.07) is 14.4. The smallest absolute Gasteiger partial charge is 0.383 e. The van der Waals surface area contributed by atoms with E-state index >= 15 is 0 Å². The van der Waals surface area contributed by atoms with E-state index in [-0.39, 0.29) is 11.4 Å². The number of nitrogens with two attached hydrogens (primary N) is 1. The summed E-state index contributed by atoms with van der Waals surface area (Å²) in [5.74, 6) is 0.0496. The summed E-state index contributed by atoms with van der Waals surface area (Å²) < 4.78 is 38.5. The van der Waals surface area contributed by atoms with Gasteiger partial charge in [0, 0.05) is 11.1 Å². The van der Waals surface area contributed by atoms with E-state index in [1.54, 1.807) is 6.92 Å². The maximum absolute atomic E-state index is 12.8. The predicted octanol–water partition coefficient (Wildman–Crippen LogP) is 5.51. The van der Waals surface area contributed by atoms with Crippen LogP contribution in [-0.4, -0.2) is 4.98 Å². The summed E-state index contributed by atoms with van der Waals surface area (Å²) in [4.78, 5) is 4.36. The molecule has 0 bridgehead atoms. The van der Waals surface area contributed by atoms with Gasteiger partial charge in [0.2, 0.25) is 0 Å². The molecule has 0 radical (unpaired) electrons. The molecule has 0 aliphatic rings. The molecule has 3 rings (SSSR count). The second-order valence-corrected chi connectivity index (χ2v) is 6.27. The van der Waals surface area contributed by atoms with Crippen molar-refractivity contribution in [3.8, 4) is 28.5 Å². The molecule has 1 heterocycles. The Bertz CT molecular complexity index is 1030. The van der Waals surface area contributed by atoms with E-state index in [1.165, 1.54) is 12.1 Å². The number of aryl methyl sites for hydroxylation is 1. The third-order valence-corrected chi connectivity index (χ3v) is 4.41. The quantitative estimate of drug-likeness (QED) is 0.650. The number of pyridine rings is 1. The van der Waals surface area contributed by atoms with Crippen molar-refractivity contribution < 1.29 is 13.2 Å². The zero-order valence-corrected chi connectivity index (χ0v) is 14.7. The van der Waals surface area contributed by atoms with Crippen molar-refractivity contribution in [3.05, 3.63) is 70.8 Å². The molecule has 0 saturated heterocycles. The predicted molar refractivity (Wildman–Crippen MR) is 98.7 cm³/mol. The number of benzene rings is 2. The van der Waals surface area contributed by atoms with Gasteiger partial charge in [0.1, 0.15) is 17.5 Å². The van der Waals surface area contributed by atoms with Crippen LogP contribution < -0.4 is 5.73 Å². The Morgan fingerprint density at radius 2 is 1.48 bits per heavy atom. The second kappa shape index (κ2) is 6.76. The van der Waals surface area contributed by atoms with Gasteiger partial charge in [-0.2, -0.15) is 18.4 Å². The van der Waals surface area contributed by atoms with Gasteiger partial charge in [-0.3, -0.25) is 0 Å². The first kappa shape index (κ1) is 18.5. The van der Waals surface area contributed by atoms with E-state index in [0.29, 0.717) is 22.4 Å². The fourth-order valence-electron chi connectivity index (χ4n) is 2.99. The Morgan fingerprint density at radius 1 is 0.926 bits per heavy atom. The molecular weight excluding hydrogens is 351 g/mol. The molecule has 136 valence electrons. The summed E-state index contributed by atoms with van der Waals surface area (Å²) in [5.41, 5.74) is 9.57. The minimum absolute atomic E-state index is 0.0496. The number of anilines is 1. The number of halogens is 3. The molecule has 0 aliphatic heterocycles. The van der Waals surface area contributed by atoms with Gasteiger partial charge < -0.3 is 5.73 Å². The van der Waals surface area contributed by atoms with Crippen molar-refractivity contribution in [2.45, 2.75) is 20.0 Å². The molecule has 0 spiro atoms. The molecule has 3 aromatic rings. The maximum atomic E-state index is 12.8. The van der Waals surface area contributed by atoms with E-state index in [1.807, 2.05) is 37.3 Å². The van der Waals surface area contributed by atoms with Crippen molar-refractivity contribution in [1.82, 2.24) is 4.98 Å².